The van der Waals surface area contributed by atoms with Crippen LogP contribution in [-0.2, 0) is 10.0 Å². The molecule has 2 fully saturated rings. The van der Waals surface area contributed by atoms with E-state index in [0.717, 1.165) is 45.1 Å². The van der Waals surface area contributed by atoms with E-state index in [1.165, 1.54) is 0 Å². The van der Waals surface area contributed by atoms with Crippen LogP contribution in [0.2, 0.25) is 0 Å². The lowest BCUT2D eigenvalue weighted by Gasteiger charge is -2.32. The Labute approximate surface area is 172 Å². The van der Waals surface area contributed by atoms with Gasteiger partial charge in [-0.05, 0) is 44.2 Å². The molecule has 29 heavy (non-hydrogen) atoms. The molecule has 0 radical (unpaired) electrons. The molecule has 7 nitrogen and oxygen atoms in total. The van der Waals surface area contributed by atoms with Gasteiger partial charge in [0.15, 0.2) is 5.96 Å². The zero-order valence-corrected chi connectivity index (χ0v) is 18.4. The van der Waals surface area contributed by atoms with Crippen molar-refractivity contribution in [2.75, 3.05) is 59.4 Å². The first-order chi connectivity index (χ1) is 13.6. The van der Waals surface area contributed by atoms with E-state index < -0.39 is 15.5 Å². The fourth-order valence-corrected chi connectivity index (χ4v) is 5.07. The van der Waals surface area contributed by atoms with Crippen LogP contribution in [0.4, 0.5) is 13.2 Å². The van der Waals surface area contributed by atoms with E-state index in [2.05, 4.69) is 34.0 Å². The number of sulfonamides is 1. The van der Waals surface area contributed by atoms with Gasteiger partial charge >= 0.3 is 15.5 Å². The van der Waals surface area contributed by atoms with Gasteiger partial charge in [-0.2, -0.15) is 17.5 Å². The number of rotatable bonds is 7. The van der Waals surface area contributed by atoms with Gasteiger partial charge in [0, 0.05) is 46.3 Å². The SMILES string of the molecule is CCN(CC)CC1CCN(C(=NC)NCC2CCN(S(=O)(=O)C(F)(F)F)CC2)C1. The van der Waals surface area contributed by atoms with Crippen molar-refractivity contribution in [1.29, 1.82) is 0 Å². The van der Waals surface area contributed by atoms with Gasteiger partial charge in [0.25, 0.3) is 0 Å². The van der Waals surface area contributed by atoms with Gasteiger partial charge in [-0.15, -0.1) is 0 Å². The summed E-state index contributed by atoms with van der Waals surface area (Å²) >= 11 is 0. The summed E-state index contributed by atoms with van der Waals surface area (Å²) in [5.41, 5.74) is -5.22. The van der Waals surface area contributed by atoms with Crippen LogP contribution in [0.3, 0.4) is 0 Å². The molecule has 0 aromatic carbocycles. The summed E-state index contributed by atoms with van der Waals surface area (Å²) in [6, 6.07) is 0. The normalized spacial score (nSPS) is 23.2. The molecule has 0 aromatic rings. The van der Waals surface area contributed by atoms with Gasteiger partial charge < -0.3 is 15.1 Å². The van der Waals surface area contributed by atoms with E-state index in [1.54, 1.807) is 7.05 Å². The molecule has 1 atom stereocenters. The van der Waals surface area contributed by atoms with E-state index in [0.29, 0.717) is 29.6 Å². The summed E-state index contributed by atoms with van der Waals surface area (Å²) in [6.45, 7) is 9.78. The average Bonchev–Trinajstić information content (AvgIpc) is 3.14. The molecule has 11 heteroatoms. The van der Waals surface area contributed by atoms with Gasteiger partial charge in [-0.1, -0.05) is 13.8 Å². The molecule has 0 bridgehead atoms. The van der Waals surface area contributed by atoms with Crippen molar-refractivity contribution in [3.8, 4) is 0 Å². The first-order valence-electron chi connectivity index (χ1n) is 10.4. The number of nitrogens with one attached hydrogen (secondary N) is 1. The van der Waals surface area contributed by atoms with Gasteiger partial charge in [0.05, 0.1) is 0 Å². The van der Waals surface area contributed by atoms with E-state index in [9.17, 15) is 21.6 Å². The Kier molecular flexibility index (Phi) is 8.59. The number of halogens is 3. The molecule has 0 aliphatic carbocycles. The summed E-state index contributed by atoms with van der Waals surface area (Å²) in [4.78, 5) is 9.01. The molecule has 1 N–H and O–H groups in total. The zero-order valence-electron chi connectivity index (χ0n) is 17.6. The number of likely N-dealkylation sites (tertiary alicyclic amines) is 1. The van der Waals surface area contributed by atoms with E-state index in [1.807, 2.05) is 0 Å². The highest BCUT2D eigenvalue weighted by atomic mass is 32.2. The predicted octanol–water partition coefficient (Wildman–Crippen LogP) is 1.79. The third-order valence-electron chi connectivity index (χ3n) is 5.96. The summed E-state index contributed by atoms with van der Waals surface area (Å²) in [6.07, 6.45) is 1.93. The number of guanidine groups is 1. The lowest BCUT2D eigenvalue weighted by Crippen LogP contribution is -2.47. The summed E-state index contributed by atoms with van der Waals surface area (Å²) in [5.74, 6) is 1.54. The summed E-state index contributed by atoms with van der Waals surface area (Å²) < 4.78 is 61.6. The molecule has 0 aromatic heterocycles. The minimum Gasteiger partial charge on any atom is -0.356 e. The van der Waals surface area contributed by atoms with Crippen LogP contribution >= 0.6 is 0 Å². The van der Waals surface area contributed by atoms with Crippen LogP contribution in [0.5, 0.6) is 0 Å². The smallest absolute Gasteiger partial charge is 0.356 e. The monoisotopic (exact) mass is 441 g/mol. The maximum absolute atomic E-state index is 12.7. The largest absolute Gasteiger partial charge is 0.511 e. The molecule has 1 unspecified atom stereocenters. The van der Waals surface area contributed by atoms with Crippen molar-refractivity contribution in [2.24, 2.45) is 16.8 Å². The number of piperidine rings is 1. The van der Waals surface area contributed by atoms with Crippen LogP contribution in [0.15, 0.2) is 4.99 Å². The quantitative estimate of drug-likeness (QED) is 0.482. The van der Waals surface area contributed by atoms with Crippen LogP contribution in [0.25, 0.3) is 0 Å². The lowest BCUT2D eigenvalue weighted by molar-refractivity contribution is -0.0496. The van der Waals surface area contributed by atoms with Crippen molar-refractivity contribution < 1.29 is 21.6 Å². The van der Waals surface area contributed by atoms with Crippen LogP contribution in [0.1, 0.15) is 33.1 Å². The molecule has 2 saturated heterocycles. The highest BCUT2D eigenvalue weighted by molar-refractivity contribution is 7.90. The number of nitrogens with zero attached hydrogens (tertiary/aromatic N) is 4. The van der Waals surface area contributed by atoms with Crippen molar-refractivity contribution >= 4 is 16.0 Å². The van der Waals surface area contributed by atoms with Gasteiger partial charge in [0.1, 0.15) is 0 Å². The molecule has 2 heterocycles. The maximum atomic E-state index is 12.7. The first-order valence-corrected chi connectivity index (χ1v) is 11.8. The second-order valence-corrected chi connectivity index (χ2v) is 9.74. The Morgan fingerprint density at radius 1 is 1.10 bits per heavy atom. The third-order valence-corrected chi connectivity index (χ3v) is 7.59. The Morgan fingerprint density at radius 3 is 2.21 bits per heavy atom. The molecule has 0 spiro atoms. The predicted molar refractivity (Wildman–Crippen MR) is 108 cm³/mol. The molecule has 2 rings (SSSR count). The maximum Gasteiger partial charge on any atom is 0.511 e. The number of aliphatic imine (C=N–C) groups is 1. The second kappa shape index (κ2) is 10.3. The molecule has 170 valence electrons. The van der Waals surface area contributed by atoms with Gasteiger partial charge in [-0.3, -0.25) is 4.99 Å². The molecular weight excluding hydrogens is 407 g/mol. The fraction of sp³-hybridized carbons (Fsp3) is 0.944. The minimum absolute atomic E-state index is 0.0948. The average molecular weight is 442 g/mol. The first kappa shape index (κ1) is 24.2. The standard InChI is InChI=1S/C18H34F3N5O2S/c1-4-24(5-2)13-16-6-9-25(14-16)17(22-3)23-12-15-7-10-26(11-8-15)29(27,28)18(19,20)21/h15-16H,4-14H2,1-3H3,(H,22,23). The molecule has 0 saturated carbocycles. The molecule has 2 aliphatic heterocycles. The van der Waals surface area contributed by atoms with Crippen LogP contribution in [0, 0.1) is 11.8 Å². The molecule has 2 aliphatic rings. The van der Waals surface area contributed by atoms with Crippen molar-refractivity contribution in [3.05, 3.63) is 0 Å². The third kappa shape index (κ3) is 6.21. The lowest BCUT2D eigenvalue weighted by atomic mass is 9.98. The highest BCUT2D eigenvalue weighted by Gasteiger charge is 2.50. The summed E-state index contributed by atoms with van der Waals surface area (Å²) in [5, 5.41) is 3.34. The fourth-order valence-electron chi connectivity index (χ4n) is 4.09. The van der Waals surface area contributed by atoms with E-state index in [4.69, 9.17) is 0 Å². The molecular formula is C18H34F3N5O2S. The number of hydrogen-bond acceptors (Lipinski definition) is 4. The van der Waals surface area contributed by atoms with Crippen molar-refractivity contribution in [2.45, 2.75) is 38.6 Å². The summed E-state index contributed by atoms with van der Waals surface area (Å²) in [7, 11) is -3.48. The highest BCUT2D eigenvalue weighted by Crippen LogP contribution is 2.30. The van der Waals surface area contributed by atoms with Gasteiger partial charge in [0.2, 0.25) is 0 Å². The topological polar surface area (TPSA) is 68.2 Å². The van der Waals surface area contributed by atoms with Crippen molar-refractivity contribution in [1.82, 2.24) is 19.4 Å². The van der Waals surface area contributed by atoms with E-state index in [-0.39, 0.29) is 19.0 Å². The Bertz CT molecular complexity index is 644. The Morgan fingerprint density at radius 2 is 1.69 bits per heavy atom. The van der Waals surface area contributed by atoms with Crippen molar-refractivity contribution in [3.63, 3.8) is 0 Å². The zero-order chi connectivity index (χ0) is 21.7. The molecule has 0 amide bonds. The second-order valence-electron chi connectivity index (χ2n) is 7.81. The van der Waals surface area contributed by atoms with Gasteiger partial charge in [-0.25, -0.2) is 8.42 Å². The van der Waals surface area contributed by atoms with E-state index >= 15 is 0 Å². The Balaban J connectivity index is 1.78. The Hall–Kier alpha value is -1.07. The van der Waals surface area contributed by atoms with Crippen LogP contribution in [-0.4, -0.2) is 93.4 Å². The minimum atomic E-state index is -5.22. The van der Waals surface area contributed by atoms with Crippen LogP contribution < -0.4 is 5.32 Å². The number of alkyl halides is 3. The number of hydrogen-bond donors (Lipinski definition) is 1.